The summed E-state index contributed by atoms with van der Waals surface area (Å²) >= 11 is 0. The van der Waals surface area contributed by atoms with Crippen LogP contribution in [0.3, 0.4) is 0 Å². The van der Waals surface area contributed by atoms with E-state index in [1.54, 1.807) is 30.3 Å². The molecule has 0 saturated heterocycles. The van der Waals surface area contributed by atoms with Crippen molar-refractivity contribution in [2.75, 3.05) is 19.0 Å². The molecular weight excluding hydrogens is 306 g/mol. The van der Waals surface area contributed by atoms with Gasteiger partial charge in [0.05, 0.1) is 25.4 Å². The number of amides is 2. The van der Waals surface area contributed by atoms with Gasteiger partial charge in [0.1, 0.15) is 0 Å². The lowest BCUT2D eigenvalue weighted by molar-refractivity contribution is 0.225. The number of hydrogen-bond donors (Lipinski definition) is 3. The van der Waals surface area contributed by atoms with Crippen LogP contribution in [-0.2, 0) is 0 Å². The summed E-state index contributed by atoms with van der Waals surface area (Å²) in [6.45, 7) is -0.336. The summed E-state index contributed by atoms with van der Waals surface area (Å²) in [4.78, 5) is 11.9. The number of benzene rings is 2. The molecular formula is C16H16F2N2O3. The largest absolute Gasteiger partial charge is 0.494 e. The number of halogens is 2. The van der Waals surface area contributed by atoms with Gasteiger partial charge in [-0.15, -0.1) is 0 Å². The molecule has 2 aromatic carbocycles. The molecule has 0 fully saturated rings. The molecule has 0 bridgehead atoms. The van der Waals surface area contributed by atoms with Crippen LogP contribution in [0.5, 0.6) is 5.75 Å². The Hall–Kier alpha value is -2.67. The highest BCUT2D eigenvalue weighted by atomic mass is 19.1. The lowest BCUT2D eigenvalue weighted by atomic mass is 10.1. The third-order valence-electron chi connectivity index (χ3n) is 3.18. The number of ether oxygens (including phenoxy) is 1. The predicted octanol–water partition coefficient (Wildman–Crippen LogP) is 2.83. The number of rotatable bonds is 5. The molecule has 0 aliphatic rings. The van der Waals surface area contributed by atoms with Crippen molar-refractivity contribution in [1.29, 1.82) is 0 Å². The van der Waals surface area contributed by atoms with Crippen LogP contribution in [0.25, 0.3) is 0 Å². The first-order chi connectivity index (χ1) is 11.0. The number of aliphatic hydroxyl groups excluding tert-OH is 1. The molecule has 2 aromatic rings. The zero-order valence-corrected chi connectivity index (χ0v) is 12.3. The molecule has 2 amide bonds. The monoisotopic (exact) mass is 322 g/mol. The number of urea groups is 1. The Balaban J connectivity index is 2.09. The van der Waals surface area contributed by atoms with Gasteiger partial charge in [-0.05, 0) is 5.56 Å². The Morgan fingerprint density at radius 1 is 1.22 bits per heavy atom. The SMILES string of the molecule is COc1cc(F)c(NC(=O)N[C@H](CO)c2ccccc2)cc1F. The van der Waals surface area contributed by atoms with E-state index in [2.05, 4.69) is 15.4 Å². The molecule has 0 aromatic heterocycles. The van der Waals surface area contributed by atoms with Gasteiger partial charge in [-0.2, -0.15) is 0 Å². The number of methoxy groups -OCH3 is 1. The molecule has 1 atom stereocenters. The van der Waals surface area contributed by atoms with E-state index in [1.165, 1.54) is 7.11 Å². The lowest BCUT2D eigenvalue weighted by Gasteiger charge is -2.17. The van der Waals surface area contributed by atoms with Crippen LogP contribution in [-0.4, -0.2) is 24.9 Å². The highest BCUT2D eigenvalue weighted by Crippen LogP contribution is 2.24. The Morgan fingerprint density at radius 3 is 2.52 bits per heavy atom. The second-order valence-corrected chi connectivity index (χ2v) is 4.71. The molecule has 7 heteroatoms. The minimum Gasteiger partial charge on any atom is -0.494 e. The maximum Gasteiger partial charge on any atom is 0.319 e. The standard InChI is InChI=1S/C16H16F2N2O3/c1-23-15-8-11(17)13(7-12(15)18)19-16(22)20-14(9-21)10-5-3-2-4-6-10/h2-8,14,21H,9H2,1H3,(H2,19,20,22)/t14-/m1/s1. The summed E-state index contributed by atoms with van der Waals surface area (Å²) < 4.78 is 32.0. The first kappa shape index (κ1) is 16.7. The van der Waals surface area contributed by atoms with E-state index >= 15 is 0 Å². The summed E-state index contributed by atoms with van der Waals surface area (Å²) in [5, 5.41) is 14.1. The first-order valence-electron chi connectivity index (χ1n) is 6.81. The van der Waals surface area contributed by atoms with Crippen molar-refractivity contribution in [2.24, 2.45) is 0 Å². The molecule has 23 heavy (non-hydrogen) atoms. The number of carbonyl (C=O) groups excluding carboxylic acids is 1. The molecule has 0 unspecified atom stereocenters. The highest BCUT2D eigenvalue weighted by molar-refractivity contribution is 5.89. The van der Waals surface area contributed by atoms with E-state index in [0.717, 1.165) is 12.1 Å². The topological polar surface area (TPSA) is 70.6 Å². The minimum atomic E-state index is -0.835. The van der Waals surface area contributed by atoms with Crippen molar-refractivity contribution in [2.45, 2.75) is 6.04 Å². The number of nitrogens with one attached hydrogen (secondary N) is 2. The number of carbonyl (C=O) groups is 1. The van der Waals surface area contributed by atoms with E-state index in [1.807, 2.05) is 0 Å². The molecule has 0 radical (unpaired) electrons. The van der Waals surface area contributed by atoms with Crippen LogP contribution >= 0.6 is 0 Å². The number of hydrogen-bond acceptors (Lipinski definition) is 3. The van der Waals surface area contributed by atoms with E-state index in [9.17, 15) is 18.7 Å². The third-order valence-corrected chi connectivity index (χ3v) is 3.18. The number of anilines is 1. The van der Waals surface area contributed by atoms with Crippen molar-refractivity contribution in [3.63, 3.8) is 0 Å². The van der Waals surface area contributed by atoms with Crippen molar-refractivity contribution in [3.8, 4) is 5.75 Å². The fourth-order valence-electron chi connectivity index (χ4n) is 2.02. The molecule has 0 aliphatic carbocycles. The molecule has 0 saturated carbocycles. The average Bonchev–Trinajstić information content (AvgIpc) is 2.56. The molecule has 0 heterocycles. The van der Waals surface area contributed by atoms with Crippen molar-refractivity contribution in [1.82, 2.24) is 5.32 Å². The van der Waals surface area contributed by atoms with Crippen LogP contribution in [0.1, 0.15) is 11.6 Å². The van der Waals surface area contributed by atoms with Crippen LogP contribution in [0.15, 0.2) is 42.5 Å². The molecule has 5 nitrogen and oxygen atoms in total. The summed E-state index contributed by atoms with van der Waals surface area (Å²) in [5.74, 6) is -1.89. The summed E-state index contributed by atoms with van der Waals surface area (Å²) in [6.07, 6.45) is 0. The van der Waals surface area contributed by atoms with Gasteiger partial charge >= 0.3 is 6.03 Å². The van der Waals surface area contributed by atoms with Gasteiger partial charge in [0.2, 0.25) is 0 Å². The Kier molecular flexibility index (Phi) is 5.48. The van der Waals surface area contributed by atoms with Gasteiger partial charge in [-0.25, -0.2) is 13.6 Å². The van der Waals surface area contributed by atoms with Crippen molar-refractivity contribution < 1.29 is 23.4 Å². The highest BCUT2D eigenvalue weighted by Gasteiger charge is 2.16. The average molecular weight is 322 g/mol. The van der Waals surface area contributed by atoms with Gasteiger partial charge < -0.3 is 20.5 Å². The minimum absolute atomic E-state index is 0.258. The van der Waals surface area contributed by atoms with E-state index < -0.39 is 23.7 Å². The van der Waals surface area contributed by atoms with Gasteiger partial charge in [-0.1, -0.05) is 30.3 Å². The zero-order valence-electron chi connectivity index (χ0n) is 12.3. The maximum absolute atomic E-state index is 13.8. The van der Waals surface area contributed by atoms with Crippen LogP contribution < -0.4 is 15.4 Å². The zero-order chi connectivity index (χ0) is 16.8. The van der Waals surface area contributed by atoms with Crippen LogP contribution in [0, 0.1) is 11.6 Å². The van der Waals surface area contributed by atoms with Crippen LogP contribution in [0.2, 0.25) is 0 Å². The van der Waals surface area contributed by atoms with E-state index in [0.29, 0.717) is 5.56 Å². The summed E-state index contributed by atoms with van der Waals surface area (Å²) in [6, 6.07) is 9.01. The van der Waals surface area contributed by atoms with E-state index in [-0.39, 0.29) is 18.0 Å². The smallest absolute Gasteiger partial charge is 0.319 e. The Morgan fingerprint density at radius 2 is 1.91 bits per heavy atom. The predicted molar refractivity (Wildman–Crippen MR) is 81.3 cm³/mol. The Labute approximate surface area is 131 Å². The fraction of sp³-hybridized carbons (Fsp3) is 0.188. The van der Waals surface area contributed by atoms with Crippen LogP contribution in [0.4, 0.5) is 19.3 Å². The second kappa shape index (κ2) is 7.55. The molecule has 122 valence electrons. The van der Waals surface area contributed by atoms with E-state index in [4.69, 9.17) is 0 Å². The lowest BCUT2D eigenvalue weighted by Crippen LogP contribution is -2.34. The quantitative estimate of drug-likeness (QED) is 0.793. The third kappa shape index (κ3) is 4.17. The van der Waals surface area contributed by atoms with Gasteiger partial charge in [0, 0.05) is 12.1 Å². The van der Waals surface area contributed by atoms with Crippen molar-refractivity contribution in [3.05, 3.63) is 59.7 Å². The van der Waals surface area contributed by atoms with Gasteiger partial charge in [0.15, 0.2) is 17.4 Å². The molecule has 2 rings (SSSR count). The summed E-state index contributed by atoms with van der Waals surface area (Å²) in [5.41, 5.74) is 0.358. The van der Waals surface area contributed by atoms with Gasteiger partial charge in [-0.3, -0.25) is 0 Å². The number of aliphatic hydroxyl groups is 1. The van der Waals surface area contributed by atoms with Crippen molar-refractivity contribution >= 4 is 11.7 Å². The summed E-state index contributed by atoms with van der Waals surface area (Å²) in [7, 11) is 1.21. The fourth-order valence-corrected chi connectivity index (χ4v) is 2.02. The second-order valence-electron chi connectivity index (χ2n) is 4.71. The normalized spacial score (nSPS) is 11.7. The molecule has 3 N–H and O–H groups in total. The maximum atomic E-state index is 13.8. The van der Waals surface area contributed by atoms with Gasteiger partial charge in [0.25, 0.3) is 0 Å². The Bertz CT molecular complexity index is 681. The molecule has 0 spiro atoms. The molecule has 0 aliphatic heterocycles. The first-order valence-corrected chi connectivity index (χ1v) is 6.81.